The van der Waals surface area contributed by atoms with Crippen molar-refractivity contribution in [3.05, 3.63) is 54.1 Å². The maximum absolute atomic E-state index is 12.1. The molecule has 138 valence electrons. The number of benzene rings is 2. The van der Waals surface area contributed by atoms with Gasteiger partial charge in [0.2, 0.25) is 0 Å². The Hall–Kier alpha value is -3.16. The van der Waals surface area contributed by atoms with Crippen molar-refractivity contribution in [3.63, 3.8) is 0 Å². The van der Waals surface area contributed by atoms with Gasteiger partial charge in [0.25, 0.3) is 5.91 Å². The van der Waals surface area contributed by atoms with Crippen molar-refractivity contribution in [2.75, 3.05) is 18.5 Å². The van der Waals surface area contributed by atoms with Gasteiger partial charge in [0.05, 0.1) is 6.61 Å². The molecule has 0 fully saturated rings. The molecule has 0 aliphatic carbocycles. The van der Waals surface area contributed by atoms with E-state index in [1.165, 1.54) is 30.3 Å². The SMILES string of the molecule is CCOC(=O)c1ccccc1OCC(=O)Nc1ccc(OC(F)F)cc1. The van der Waals surface area contributed by atoms with Gasteiger partial charge in [0, 0.05) is 5.69 Å². The number of anilines is 1. The number of alkyl halides is 2. The monoisotopic (exact) mass is 365 g/mol. The van der Waals surface area contributed by atoms with Gasteiger partial charge in [0.1, 0.15) is 17.1 Å². The number of carbonyl (C=O) groups is 2. The second-order valence-corrected chi connectivity index (χ2v) is 4.96. The van der Waals surface area contributed by atoms with Crippen LogP contribution in [-0.4, -0.2) is 31.7 Å². The number of amides is 1. The lowest BCUT2D eigenvalue weighted by Gasteiger charge is -2.11. The van der Waals surface area contributed by atoms with Gasteiger partial charge in [0.15, 0.2) is 6.61 Å². The second kappa shape index (κ2) is 9.36. The molecule has 2 aromatic carbocycles. The molecule has 6 nitrogen and oxygen atoms in total. The lowest BCUT2D eigenvalue weighted by Crippen LogP contribution is -2.21. The molecule has 0 aliphatic heterocycles. The number of rotatable bonds is 8. The summed E-state index contributed by atoms with van der Waals surface area (Å²) in [5, 5.41) is 2.54. The minimum absolute atomic E-state index is 0.0161. The average molecular weight is 365 g/mol. The van der Waals surface area contributed by atoms with E-state index in [1.807, 2.05) is 0 Å². The molecule has 0 aromatic heterocycles. The third kappa shape index (κ3) is 5.73. The predicted octanol–water partition coefficient (Wildman–Crippen LogP) is 3.48. The number of esters is 1. The van der Waals surface area contributed by atoms with Gasteiger partial charge < -0.3 is 19.5 Å². The van der Waals surface area contributed by atoms with Crippen LogP contribution in [0.1, 0.15) is 17.3 Å². The quantitative estimate of drug-likeness (QED) is 0.725. The first kappa shape index (κ1) is 19.2. The normalized spacial score (nSPS) is 10.3. The molecular weight excluding hydrogens is 348 g/mol. The lowest BCUT2D eigenvalue weighted by molar-refractivity contribution is -0.118. The van der Waals surface area contributed by atoms with Gasteiger partial charge in [-0.15, -0.1) is 0 Å². The molecule has 0 atom stereocenters. The topological polar surface area (TPSA) is 73.9 Å². The highest BCUT2D eigenvalue weighted by atomic mass is 19.3. The van der Waals surface area contributed by atoms with Crippen LogP contribution < -0.4 is 14.8 Å². The molecule has 0 bridgehead atoms. The maximum atomic E-state index is 12.1. The summed E-state index contributed by atoms with van der Waals surface area (Å²) in [6.45, 7) is -1.35. The lowest BCUT2D eigenvalue weighted by atomic mass is 10.2. The van der Waals surface area contributed by atoms with Gasteiger partial charge in [-0.3, -0.25) is 4.79 Å². The van der Waals surface area contributed by atoms with E-state index in [4.69, 9.17) is 9.47 Å². The number of ether oxygens (including phenoxy) is 3. The van der Waals surface area contributed by atoms with E-state index >= 15 is 0 Å². The van der Waals surface area contributed by atoms with Crippen molar-refractivity contribution >= 4 is 17.6 Å². The Morgan fingerprint density at radius 3 is 2.42 bits per heavy atom. The number of nitrogens with one attached hydrogen (secondary N) is 1. The fourth-order valence-corrected chi connectivity index (χ4v) is 2.03. The van der Waals surface area contributed by atoms with Crippen LogP contribution in [0.2, 0.25) is 0 Å². The number of hydrogen-bond donors (Lipinski definition) is 1. The Bertz CT molecular complexity index is 750. The van der Waals surface area contributed by atoms with Gasteiger partial charge in [-0.2, -0.15) is 8.78 Å². The highest BCUT2D eigenvalue weighted by molar-refractivity contribution is 5.94. The van der Waals surface area contributed by atoms with E-state index in [0.29, 0.717) is 5.69 Å². The molecule has 2 aromatic rings. The molecule has 0 saturated carbocycles. The first-order valence-electron chi connectivity index (χ1n) is 7.73. The summed E-state index contributed by atoms with van der Waals surface area (Å²) in [5.41, 5.74) is 0.606. The first-order chi connectivity index (χ1) is 12.5. The van der Waals surface area contributed by atoms with Gasteiger partial charge >= 0.3 is 12.6 Å². The van der Waals surface area contributed by atoms with Crippen LogP contribution in [-0.2, 0) is 9.53 Å². The molecule has 8 heteroatoms. The van der Waals surface area contributed by atoms with Crippen molar-refractivity contribution in [2.45, 2.75) is 13.5 Å². The smallest absolute Gasteiger partial charge is 0.387 e. The van der Waals surface area contributed by atoms with Crippen LogP contribution in [0.15, 0.2) is 48.5 Å². The largest absolute Gasteiger partial charge is 0.483 e. The third-order valence-corrected chi connectivity index (χ3v) is 3.10. The zero-order chi connectivity index (χ0) is 18.9. The molecule has 0 spiro atoms. The highest BCUT2D eigenvalue weighted by Gasteiger charge is 2.14. The molecule has 0 aliphatic rings. The van der Waals surface area contributed by atoms with Gasteiger partial charge in [-0.25, -0.2) is 4.79 Å². The predicted molar refractivity (Wildman–Crippen MR) is 89.6 cm³/mol. The zero-order valence-corrected chi connectivity index (χ0v) is 13.9. The number of carbonyl (C=O) groups excluding carboxylic acids is 2. The number of para-hydroxylation sites is 1. The summed E-state index contributed by atoms with van der Waals surface area (Å²) in [6, 6.07) is 11.9. The van der Waals surface area contributed by atoms with E-state index in [-0.39, 0.29) is 30.3 Å². The molecule has 26 heavy (non-hydrogen) atoms. The molecule has 0 radical (unpaired) electrons. The summed E-state index contributed by atoms with van der Waals surface area (Å²) < 4.78 is 38.7. The summed E-state index contributed by atoms with van der Waals surface area (Å²) in [4.78, 5) is 23.8. The standard InChI is InChI=1S/C18H17F2NO5/c1-2-24-17(23)14-5-3-4-6-15(14)25-11-16(22)21-12-7-9-13(10-8-12)26-18(19)20/h3-10,18H,2,11H2,1H3,(H,21,22). The van der Waals surface area contributed by atoms with E-state index < -0.39 is 18.5 Å². The van der Waals surface area contributed by atoms with Crippen LogP contribution in [0.25, 0.3) is 0 Å². The van der Waals surface area contributed by atoms with Gasteiger partial charge in [-0.1, -0.05) is 12.1 Å². The van der Waals surface area contributed by atoms with Crippen molar-refractivity contribution < 1.29 is 32.6 Å². The van der Waals surface area contributed by atoms with E-state index in [2.05, 4.69) is 10.1 Å². The maximum Gasteiger partial charge on any atom is 0.387 e. The van der Waals surface area contributed by atoms with Crippen LogP contribution >= 0.6 is 0 Å². The van der Waals surface area contributed by atoms with Crippen LogP contribution in [0.3, 0.4) is 0 Å². The van der Waals surface area contributed by atoms with E-state index in [9.17, 15) is 18.4 Å². The fraction of sp³-hybridized carbons (Fsp3) is 0.222. The van der Waals surface area contributed by atoms with Crippen molar-refractivity contribution in [2.24, 2.45) is 0 Å². The molecular formula is C18H17F2NO5. The number of halogens is 2. The molecule has 1 N–H and O–H groups in total. The van der Waals surface area contributed by atoms with Crippen LogP contribution in [0, 0.1) is 0 Å². The second-order valence-electron chi connectivity index (χ2n) is 4.96. The Morgan fingerprint density at radius 2 is 1.77 bits per heavy atom. The minimum Gasteiger partial charge on any atom is -0.483 e. The Labute approximate surface area is 148 Å². The minimum atomic E-state index is -2.91. The summed E-state index contributed by atoms with van der Waals surface area (Å²) in [7, 11) is 0. The Kier molecular flexibility index (Phi) is 6.90. The molecule has 2 rings (SSSR count). The third-order valence-electron chi connectivity index (χ3n) is 3.10. The number of hydrogen-bond acceptors (Lipinski definition) is 5. The molecule has 0 unspecified atom stereocenters. The van der Waals surface area contributed by atoms with Gasteiger partial charge in [-0.05, 0) is 43.3 Å². The van der Waals surface area contributed by atoms with E-state index in [1.54, 1.807) is 25.1 Å². The highest BCUT2D eigenvalue weighted by Crippen LogP contribution is 2.20. The van der Waals surface area contributed by atoms with Crippen LogP contribution in [0.4, 0.5) is 14.5 Å². The Morgan fingerprint density at radius 1 is 1.08 bits per heavy atom. The van der Waals surface area contributed by atoms with E-state index in [0.717, 1.165) is 0 Å². The zero-order valence-electron chi connectivity index (χ0n) is 13.9. The Balaban J connectivity index is 1.92. The summed E-state index contributed by atoms with van der Waals surface area (Å²) in [5.74, 6) is -0.816. The fourth-order valence-electron chi connectivity index (χ4n) is 2.03. The van der Waals surface area contributed by atoms with Crippen LogP contribution in [0.5, 0.6) is 11.5 Å². The van der Waals surface area contributed by atoms with Crippen molar-refractivity contribution in [3.8, 4) is 11.5 Å². The molecule has 1 amide bonds. The molecule has 0 heterocycles. The molecule has 0 saturated heterocycles. The average Bonchev–Trinajstić information content (AvgIpc) is 2.61. The van der Waals surface area contributed by atoms with Crippen molar-refractivity contribution in [1.29, 1.82) is 0 Å². The van der Waals surface area contributed by atoms with Crippen molar-refractivity contribution in [1.82, 2.24) is 0 Å². The summed E-state index contributed by atoms with van der Waals surface area (Å²) >= 11 is 0. The summed E-state index contributed by atoms with van der Waals surface area (Å²) in [6.07, 6.45) is 0. The first-order valence-corrected chi connectivity index (χ1v) is 7.73.